The normalized spacial score (nSPS) is 17.0. The minimum Gasteiger partial charge on any atom is -0.453 e. The zero-order valence-corrected chi connectivity index (χ0v) is 22.0. The lowest BCUT2D eigenvalue weighted by Crippen LogP contribution is -2.41. The molecule has 0 aromatic heterocycles. The molecule has 37 heavy (non-hydrogen) atoms. The fraction of sp³-hybridized carbons (Fsp3) is 0.481. The number of carbonyl (C=O) groups excluding carboxylic acids is 2. The van der Waals surface area contributed by atoms with E-state index in [1.165, 1.54) is 25.3 Å². The van der Waals surface area contributed by atoms with Crippen LogP contribution in [-0.4, -0.2) is 65.1 Å². The molecule has 1 fully saturated rings. The predicted octanol–water partition coefficient (Wildman–Crippen LogP) is 4.08. The molecule has 2 unspecified atom stereocenters. The molecule has 2 aromatic rings. The second kappa shape index (κ2) is 14.9. The van der Waals surface area contributed by atoms with Gasteiger partial charge < -0.3 is 30.2 Å². The molecule has 0 saturated carbocycles. The van der Waals surface area contributed by atoms with Gasteiger partial charge >= 0.3 is 6.09 Å². The molecule has 0 radical (unpaired) electrons. The third-order valence-electron chi connectivity index (χ3n) is 6.32. The summed E-state index contributed by atoms with van der Waals surface area (Å²) < 4.78 is 31.1. The van der Waals surface area contributed by atoms with Gasteiger partial charge in [-0.2, -0.15) is 0 Å². The summed E-state index contributed by atoms with van der Waals surface area (Å²) in [6.45, 7) is 2.23. The van der Waals surface area contributed by atoms with Crippen LogP contribution in [0.2, 0.25) is 5.02 Å². The molecule has 3 N–H and O–H groups in total. The molecule has 1 heterocycles. The van der Waals surface area contributed by atoms with E-state index in [0.717, 1.165) is 32.5 Å². The summed E-state index contributed by atoms with van der Waals surface area (Å²) in [5, 5.41) is 9.21. The van der Waals surface area contributed by atoms with E-state index < -0.39 is 18.0 Å². The summed E-state index contributed by atoms with van der Waals surface area (Å²) >= 11 is 6.17. The first-order chi connectivity index (χ1) is 17.9. The average Bonchev–Trinajstić information content (AvgIpc) is 2.91. The van der Waals surface area contributed by atoms with E-state index >= 15 is 4.39 Å². The van der Waals surface area contributed by atoms with Crippen LogP contribution in [0.1, 0.15) is 46.9 Å². The zero-order chi connectivity index (χ0) is 26.6. The number of nitrogens with one attached hydrogen (secondary N) is 3. The van der Waals surface area contributed by atoms with Gasteiger partial charge in [0.15, 0.2) is 0 Å². The molecule has 3 rings (SSSR count). The van der Waals surface area contributed by atoms with Gasteiger partial charge in [-0.1, -0.05) is 23.7 Å². The van der Waals surface area contributed by atoms with Gasteiger partial charge in [-0.05, 0) is 68.1 Å². The lowest BCUT2D eigenvalue weighted by molar-refractivity contribution is 0.0478. The fourth-order valence-electron chi connectivity index (χ4n) is 4.34. The van der Waals surface area contributed by atoms with Gasteiger partial charge in [0.2, 0.25) is 0 Å². The van der Waals surface area contributed by atoms with Crippen LogP contribution in [0.25, 0.3) is 0 Å². The van der Waals surface area contributed by atoms with Gasteiger partial charge in [0.1, 0.15) is 11.9 Å². The Kier molecular flexibility index (Phi) is 11.6. The Morgan fingerprint density at radius 1 is 1.22 bits per heavy atom. The summed E-state index contributed by atoms with van der Waals surface area (Å²) in [6.07, 6.45) is 1.63. The van der Waals surface area contributed by atoms with Crippen LogP contribution in [0, 0.1) is 11.7 Å². The molecule has 202 valence electrons. The van der Waals surface area contributed by atoms with Crippen molar-refractivity contribution >= 4 is 23.6 Å². The number of benzene rings is 2. The van der Waals surface area contributed by atoms with Crippen molar-refractivity contribution < 1.29 is 28.2 Å². The van der Waals surface area contributed by atoms with E-state index in [4.69, 9.17) is 21.1 Å². The van der Waals surface area contributed by atoms with Crippen molar-refractivity contribution in [3.05, 3.63) is 70.0 Å². The van der Waals surface area contributed by atoms with Gasteiger partial charge in [-0.25, -0.2) is 9.18 Å². The van der Waals surface area contributed by atoms with Crippen LogP contribution < -0.4 is 16.0 Å². The highest BCUT2D eigenvalue weighted by atomic mass is 35.5. The molecule has 8 nitrogen and oxygen atoms in total. The van der Waals surface area contributed by atoms with Gasteiger partial charge in [0, 0.05) is 48.5 Å². The molecule has 0 spiro atoms. The molecule has 1 saturated heterocycles. The Morgan fingerprint density at radius 3 is 2.76 bits per heavy atom. The molecule has 0 bridgehead atoms. The molecule has 2 amide bonds. The number of methoxy groups -OCH3 is 1. The molecule has 1 aliphatic heterocycles. The van der Waals surface area contributed by atoms with E-state index in [2.05, 4.69) is 20.7 Å². The molecule has 2 aromatic carbocycles. The first-order valence-electron chi connectivity index (χ1n) is 12.4. The molecule has 10 heteroatoms. The molecular formula is C27H35ClFN3O5. The number of hydrogen-bond donors (Lipinski definition) is 3. The largest absolute Gasteiger partial charge is 0.453 e. The summed E-state index contributed by atoms with van der Waals surface area (Å²) in [6, 6.07) is 11.2. The average molecular weight is 536 g/mol. The molecule has 1 aliphatic rings. The van der Waals surface area contributed by atoms with E-state index in [-0.39, 0.29) is 30.7 Å². The van der Waals surface area contributed by atoms with Crippen LogP contribution in [0.15, 0.2) is 42.5 Å². The smallest absolute Gasteiger partial charge is 0.406 e. The lowest BCUT2D eigenvalue weighted by Gasteiger charge is -2.26. The Balaban J connectivity index is 1.72. The van der Waals surface area contributed by atoms with Crippen LogP contribution in [0.4, 0.5) is 9.18 Å². The maximum atomic E-state index is 15.0. The highest BCUT2D eigenvalue weighted by molar-refractivity contribution is 6.30. The number of likely N-dealkylation sites (N-methyl/N-ethyl adjacent to an activating group) is 1. The number of alkyl carbamates (subject to hydrolysis) is 1. The molecule has 0 aliphatic carbocycles. The number of amides is 2. The zero-order valence-electron chi connectivity index (χ0n) is 21.2. The van der Waals surface area contributed by atoms with Gasteiger partial charge in [-0.3, -0.25) is 4.79 Å². The third kappa shape index (κ3) is 8.96. The topological polar surface area (TPSA) is 97.9 Å². The number of carbonyl (C=O) groups is 2. The van der Waals surface area contributed by atoms with Gasteiger partial charge in [-0.15, -0.1) is 0 Å². The lowest BCUT2D eigenvalue weighted by atomic mass is 9.94. The SMILES string of the molecule is CNC(CNC(=O)c1ccc(F)c([C@@H](OCCNC(=O)OC)c2cccc(Cl)c2)c1)CC1CCCOC1. The number of ether oxygens (including phenoxy) is 3. The van der Waals surface area contributed by atoms with Crippen molar-refractivity contribution in [1.29, 1.82) is 0 Å². The highest BCUT2D eigenvalue weighted by Crippen LogP contribution is 2.30. The second-order valence-electron chi connectivity index (χ2n) is 8.97. The van der Waals surface area contributed by atoms with E-state index in [9.17, 15) is 9.59 Å². The standard InChI is InChI=1S/C27H35ClFN3O5/c1-30-22(13-18-5-4-11-36-17-18)16-32-26(33)20-8-9-24(29)23(15-20)25(19-6-3-7-21(28)14-19)37-12-10-31-27(34)35-2/h3,6-9,14-15,18,22,25,30H,4-5,10-13,16-17H2,1-2H3,(H,31,34)(H,32,33)/t18?,22?,25-/m0/s1. The minimum atomic E-state index is -0.845. The van der Waals surface area contributed by atoms with Crippen LogP contribution in [0.3, 0.4) is 0 Å². The Morgan fingerprint density at radius 2 is 2.05 bits per heavy atom. The third-order valence-corrected chi connectivity index (χ3v) is 6.56. The monoisotopic (exact) mass is 535 g/mol. The van der Waals surface area contributed by atoms with Gasteiger partial charge in [0.05, 0.1) is 13.7 Å². The Labute approximate surface area is 222 Å². The summed E-state index contributed by atoms with van der Waals surface area (Å²) in [4.78, 5) is 24.3. The fourth-order valence-corrected chi connectivity index (χ4v) is 4.54. The van der Waals surface area contributed by atoms with Crippen molar-refractivity contribution in [2.75, 3.05) is 47.1 Å². The van der Waals surface area contributed by atoms with Gasteiger partial charge in [0.25, 0.3) is 5.91 Å². The maximum absolute atomic E-state index is 15.0. The Bertz CT molecular complexity index is 1030. The van der Waals surface area contributed by atoms with E-state index in [1.807, 2.05) is 7.05 Å². The first-order valence-corrected chi connectivity index (χ1v) is 12.8. The minimum absolute atomic E-state index is 0.0802. The van der Waals surface area contributed by atoms with E-state index in [0.29, 0.717) is 28.6 Å². The van der Waals surface area contributed by atoms with E-state index in [1.54, 1.807) is 24.3 Å². The summed E-state index contributed by atoms with van der Waals surface area (Å²) in [7, 11) is 3.14. The Hall–Kier alpha value is -2.72. The van der Waals surface area contributed by atoms with Crippen molar-refractivity contribution in [3.63, 3.8) is 0 Å². The van der Waals surface area contributed by atoms with Crippen LogP contribution in [-0.2, 0) is 14.2 Å². The maximum Gasteiger partial charge on any atom is 0.406 e. The number of hydrogen-bond acceptors (Lipinski definition) is 6. The van der Waals surface area contributed by atoms with Crippen LogP contribution >= 0.6 is 11.6 Å². The molecular weight excluding hydrogens is 501 g/mol. The summed E-state index contributed by atoms with van der Waals surface area (Å²) in [5.41, 5.74) is 1.13. The highest BCUT2D eigenvalue weighted by Gasteiger charge is 2.23. The predicted molar refractivity (Wildman–Crippen MR) is 139 cm³/mol. The quantitative estimate of drug-likeness (QED) is 0.354. The summed E-state index contributed by atoms with van der Waals surface area (Å²) in [5.74, 6) is -0.365. The van der Waals surface area contributed by atoms with Crippen molar-refractivity contribution in [1.82, 2.24) is 16.0 Å². The second-order valence-corrected chi connectivity index (χ2v) is 9.41. The molecule has 3 atom stereocenters. The van der Waals surface area contributed by atoms with Crippen LogP contribution in [0.5, 0.6) is 0 Å². The van der Waals surface area contributed by atoms with Crippen molar-refractivity contribution in [3.8, 4) is 0 Å². The number of halogens is 2. The van der Waals surface area contributed by atoms with Crippen molar-refractivity contribution in [2.24, 2.45) is 5.92 Å². The van der Waals surface area contributed by atoms with Crippen molar-refractivity contribution in [2.45, 2.75) is 31.4 Å². The number of rotatable bonds is 12. The first kappa shape index (κ1) is 28.8.